The summed E-state index contributed by atoms with van der Waals surface area (Å²) >= 11 is 0. The summed E-state index contributed by atoms with van der Waals surface area (Å²) in [4.78, 5) is 19.4. The molecule has 0 aromatic heterocycles. The summed E-state index contributed by atoms with van der Waals surface area (Å²) < 4.78 is 19.2. The highest BCUT2D eigenvalue weighted by Gasteiger charge is 2.45. The predicted octanol–water partition coefficient (Wildman–Crippen LogP) is 5.39. The van der Waals surface area contributed by atoms with Gasteiger partial charge in [-0.2, -0.15) is 5.06 Å². The van der Waals surface area contributed by atoms with E-state index < -0.39 is 12.1 Å². The van der Waals surface area contributed by atoms with Crippen molar-refractivity contribution in [3.8, 4) is 5.75 Å². The van der Waals surface area contributed by atoms with Gasteiger partial charge in [-0.1, -0.05) is 18.2 Å². The van der Waals surface area contributed by atoms with E-state index in [4.69, 9.17) is 9.57 Å². The van der Waals surface area contributed by atoms with Crippen molar-refractivity contribution in [2.75, 3.05) is 0 Å². The molecule has 2 aromatic carbocycles. The first-order valence-electron chi connectivity index (χ1n) is 9.68. The predicted molar refractivity (Wildman–Crippen MR) is 107 cm³/mol. The summed E-state index contributed by atoms with van der Waals surface area (Å²) in [5.41, 5.74) is -0.151. The van der Waals surface area contributed by atoms with Gasteiger partial charge in [-0.25, -0.2) is 9.23 Å². The fraction of sp³-hybridized carbons (Fsp3) is 0.435. The Hall–Kier alpha value is -2.24. The van der Waals surface area contributed by atoms with Crippen molar-refractivity contribution < 1.29 is 18.8 Å². The lowest BCUT2D eigenvalue weighted by Gasteiger charge is -2.51. The van der Waals surface area contributed by atoms with Gasteiger partial charge in [0.1, 0.15) is 11.6 Å². The number of para-hydroxylation sites is 1. The summed E-state index contributed by atoms with van der Waals surface area (Å²) in [5, 5.41) is 1.90. The molecule has 0 aliphatic carbocycles. The topological polar surface area (TPSA) is 38.8 Å². The fourth-order valence-electron chi connectivity index (χ4n) is 3.85. The number of Topliss-reactive ketones (excluding diaryl/α,β-unsaturated/α-hetero) is 1. The van der Waals surface area contributed by atoms with Gasteiger partial charge in [-0.15, -0.1) is 0 Å². The van der Waals surface area contributed by atoms with Crippen LogP contribution in [-0.4, -0.2) is 28.2 Å². The molecule has 3 rings (SSSR count). The van der Waals surface area contributed by atoms with Crippen molar-refractivity contribution in [2.24, 2.45) is 0 Å². The summed E-state index contributed by atoms with van der Waals surface area (Å²) in [7, 11) is 0. The quantitative estimate of drug-likeness (QED) is 0.494. The molecule has 1 aliphatic rings. The molecule has 1 saturated heterocycles. The van der Waals surface area contributed by atoms with Gasteiger partial charge in [0.05, 0.1) is 0 Å². The number of carbonyl (C=O) groups excluding carboxylic acids is 1. The third kappa shape index (κ3) is 4.59. The van der Waals surface area contributed by atoms with Crippen LogP contribution in [0.3, 0.4) is 0 Å². The molecule has 0 spiro atoms. The minimum atomic E-state index is -1.16. The normalized spacial score (nSPS) is 19.8. The third-order valence-corrected chi connectivity index (χ3v) is 5.21. The lowest BCUT2D eigenvalue weighted by atomic mass is 9.82. The Kier molecular flexibility index (Phi) is 5.87. The van der Waals surface area contributed by atoms with Gasteiger partial charge in [0.25, 0.3) is 6.29 Å². The molecule has 1 aliphatic heterocycles. The monoisotopic (exact) mass is 385 g/mol. The number of nitrogens with zero attached hydrogens (tertiary/aromatic N) is 1. The number of benzene rings is 2. The summed E-state index contributed by atoms with van der Waals surface area (Å²) in [6, 6.07) is 14.5. The zero-order valence-electron chi connectivity index (χ0n) is 16.9. The van der Waals surface area contributed by atoms with Crippen LogP contribution in [0.4, 0.5) is 4.39 Å². The number of hydrogen-bond acceptors (Lipinski definition) is 4. The molecule has 0 N–H and O–H groups in total. The molecule has 5 heteroatoms. The van der Waals surface area contributed by atoms with E-state index in [-0.39, 0.29) is 16.9 Å². The highest BCUT2D eigenvalue weighted by Crippen LogP contribution is 2.39. The molecule has 0 amide bonds. The molecule has 1 heterocycles. The summed E-state index contributed by atoms with van der Waals surface area (Å²) in [5.74, 6) is -0.201. The zero-order chi connectivity index (χ0) is 20.4. The smallest absolute Gasteiger partial charge is 0.281 e. The molecule has 28 heavy (non-hydrogen) atoms. The number of hydroxylamine groups is 2. The average molecular weight is 385 g/mol. The maximum Gasteiger partial charge on any atom is 0.281 e. The van der Waals surface area contributed by atoms with E-state index in [0.717, 1.165) is 19.3 Å². The van der Waals surface area contributed by atoms with Crippen LogP contribution in [0.2, 0.25) is 0 Å². The van der Waals surface area contributed by atoms with Gasteiger partial charge in [0, 0.05) is 16.6 Å². The van der Waals surface area contributed by atoms with Crippen LogP contribution in [0.25, 0.3) is 0 Å². The van der Waals surface area contributed by atoms with Crippen molar-refractivity contribution in [1.29, 1.82) is 0 Å². The van der Waals surface area contributed by atoms with Crippen LogP contribution in [0.15, 0.2) is 54.6 Å². The third-order valence-electron chi connectivity index (χ3n) is 5.21. The van der Waals surface area contributed by atoms with Crippen molar-refractivity contribution in [3.05, 3.63) is 66.0 Å². The highest BCUT2D eigenvalue weighted by molar-refractivity contribution is 5.98. The second kappa shape index (κ2) is 8.02. The first kappa shape index (κ1) is 20.5. The first-order valence-corrected chi connectivity index (χ1v) is 9.68. The first-order chi connectivity index (χ1) is 13.2. The van der Waals surface area contributed by atoms with Crippen molar-refractivity contribution >= 4 is 5.78 Å². The lowest BCUT2D eigenvalue weighted by Crippen LogP contribution is -2.60. The van der Waals surface area contributed by atoms with Gasteiger partial charge < -0.3 is 4.74 Å². The Morgan fingerprint density at radius 3 is 2.11 bits per heavy atom. The van der Waals surface area contributed by atoms with Crippen LogP contribution in [0.1, 0.15) is 57.3 Å². The molecule has 0 saturated carbocycles. The molecule has 0 radical (unpaired) electrons. The van der Waals surface area contributed by atoms with Gasteiger partial charge in [-0.05, 0) is 83.4 Å². The molecule has 0 bridgehead atoms. The SMILES string of the molecule is CC1(C)CCCC(C)(C)N1OC(Oc1ccccc1)C(=O)c1ccc(F)cc1. The van der Waals surface area contributed by atoms with Gasteiger partial charge in [-0.3, -0.25) is 4.79 Å². The van der Waals surface area contributed by atoms with Crippen LogP contribution in [0, 0.1) is 5.82 Å². The van der Waals surface area contributed by atoms with E-state index in [9.17, 15) is 9.18 Å². The second-order valence-corrected chi connectivity index (χ2v) is 8.51. The van der Waals surface area contributed by atoms with E-state index in [1.54, 1.807) is 12.1 Å². The number of ketones is 1. The second-order valence-electron chi connectivity index (χ2n) is 8.51. The minimum absolute atomic E-state index is 0.247. The highest BCUT2D eigenvalue weighted by atomic mass is 19.1. The Morgan fingerprint density at radius 2 is 1.54 bits per heavy atom. The number of rotatable bonds is 6. The van der Waals surface area contributed by atoms with Crippen LogP contribution in [-0.2, 0) is 4.84 Å². The zero-order valence-corrected chi connectivity index (χ0v) is 16.9. The van der Waals surface area contributed by atoms with Crippen LogP contribution in [0.5, 0.6) is 5.75 Å². The van der Waals surface area contributed by atoms with Gasteiger partial charge >= 0.3 is 0 Å². The number of ether oxygens (including phenoxy) is 1. The minimum Gasteiger partial charge on any atom is -0.455 e. The lowest BCUT2D eigenvalue weighted by molar-refractivity contribution is -0.323. The molecule has 4 nitrogen and oxygen atoms in total. The molecule has 1 unspecified atom stereocenters. The average Bonchev–Trinajstić information content (AvgIpc) is 2.64. The molecule has 1 fully saturated rings. The standard InChI is InChI=1S/C23H28FNO3/c1-22(2)15-8-16-23(3,4)25(22)28-21(27-19-9-6-5-7-10-19)20(26)17-11-13-18(24)14-12-17/h5-7,9-14,21H,8,15-16H2,1-4H3. The number of halogens is 1. The van der Waals surface area contributed by atoms with E-state index in [1.165, 1.54) is 24.3 Å². The van der Waals surface area contributed by atoms with Crippen molar-refractivity contribution in [2.45, 2.75) is 64.3 Å². The Labute approximate surface area is 166 Å². The maximum absolute atomic E-state index is 13.3. The number of hydrogen-bond donors (Lipinski definition) is 0. The van der Waals surface area contributed by atoms with Crippen molar-refractivity contribution in [1.82, 2.24) is 5.06 Å². The molecule has 150 valence electrons. The molecule has 2 aromatic rings. The number of piperidine rings is 1. The largest absolute Gasteiger partial charge is 0.455 e. The Morgan fingerprint density at radius 1 is 0.964 bits per heavy atom. The maximum atomic E-state index is 13.3. The van der Waals surface area contributed by atoms with E-state index in [1.807, 2.05) is 23.3 Å². The van der Waals surface area contributed by atoms with Crippen LogP contribution >= 0.6 is 0 Å². The van der Waals surface area contributed by atoms with E-state index in [2.05, 4.69) is 27.7 Å². The summed E-state index contributed by atoms with van der Waals surface area (Å²) in [6.07, 6.45) is 1.85. The van der Waals surface area contributed by atoms with E-state index in [0.29, 0.717) is 11.3 Å². The summed E-state index contributed by atoms with van der Waals surface area (Å²) in [6.45, 7) is 8.43. The Bertz CT molecular complexity index is 786. The fourth-order valence-corrected chi connectivity index (χ4v) is 3.85. The molecular formula is C23H28FNO3. The molecule has 1 atom stereocenters. The van der Waals surface area contributed by atoms with Crippen molar-refractivity contribution in [3.63, 3.8) is 0 Å². The van der Waals surface area contributed by atoms with E-state index >= 15 is 0 Å². The van der Waals surface area contributed by atoms with Gasteiger partial charge in [0.2, 0.25) is 5.78 Å². The van der Waals surface area contributed by atoms with Crippen LogP contribution < -0.4 is 4.74 Å². The van der Waals surface area contributed by atoms with Gasteiger partial charge in [0.15, 0.2) is 0 Å². The Balaban J connectivity index is 1.91. The number of carbonyl (C=O) groups is 1. The molecular weight excluding hydrogens is 357 g/mol.